The highest BCUT2D eigenvalue weighted by atomic mass is 35.5. The Morgan fingerprint density at radius 1 is 1.18 bits per heavy atom. The standard InChI is InChI=1S/C17H14ClFN2O/c1-10(11-6-8-12(19)9-7-11)20-17(22)16-15(18)13-4-2-3-5-14(13)21-16/h2-10,21H,1H3,(H,20,22). The van der Waals surface area contributed by atoms with Crippen molar-refractivity contribution in [3.05, 3.63) is 70.6 Å². The van der Waals surface area contributed by atoms with Gasteiger partial charge in [0.05, 0.1) is 11.1 Å². The quantitative estimate of drug-likeness (QED) is 0.736. The van der Waals surface area contributed by atoms with Crippen LogP contribution in [0, 0.1) is 5.82 Å². The minimum atomic E-state index is -0.305. The van der Waals surface area contributed by atoms with Gasteiger partial charge in [0, 0.05) is 10.9 Å². The number of aromatic amines is 1. The molecule has 3 aromatic rings. The molecule has 22 heavy (non-hydrogen) atoms. The fraction of sp³-hybridized carbons (Fsp3) is 0.118. The highest BCUT2D eigenvalue weighted by molar-refractivity contribution is 6.38. The van der Waals surface area contributed by atoms with E-state index in [1.54, 1.807) is 12.1 Å². The molecule has 3 nitrogen and oxygen atoms in total. The van der Waals surface area contributed by atoms with Crippen LogP contribution >= 0.6 is 11.6 Å². The van der Waals surface area contributed by atoms with E-state index in [-0.39, 0.29) is 17.8 Å². The van der Waals surface area contributed by atoms with Gasteiger partial charge in [-0.05, 0) is 30.7 Å². The van der Waals surface area contributed by atoms with Crippen LogP contribution in [0.4, 0.5) is 4.39 Å². The molecule has 5 heteroatoms. The van der Waals surface area contributed by atoms with Crippen LogP contribution in [0.1, 0.15) is 29.0 Å². The van der Waals surface area contributed by atoms with E-state index in [1.807, 2.05) is 31.2 Å². The second-order valence-corrected chi connectivity index (χ2v) is 5.48. The van der Waals surface area contributed by atoms with Gasteiger partial charge in [0.25, 0.3) is 5.91 Å². The van der Waals surface area contributed by atoms with Gasteiger partial charge in [0.2, 0.25) is 0 Å². The van der Waals surface area contributed by atoms with Crippen molar-refractivity contribution >= 4 is 28.4 Å². The molecule has 0 bridgehead atoms. The summed E-state index contributed by atoms with van der Waals surface area (Å²) in [4.78, 5) is 15.4. The van der Waals surface area contributed by atoms with E-state index in [1.165, 1.54) is 12.1 Å². The van der Waals surface area contributed by atoms with Gasteiger partial charge in [-0.3, -0.25) is 4.79 Å². The molecule has 0 aliphatic carbocycles. The topological polar surface area (TPSA) is 44.9 Å². The van der Waals surface area contributed by atoms with E-state index in [0.717, 1.165) is 16.5 Å². The predicted molar refractivity (Wildman–Crippen MR) is 85.6 cm³/mol. The molecule has 0 radical (unpaired) electrons. The molecule has 0 saturated heterocycles. The van der Waals surface area contributed by atoms with Crippen molar-refractivity contribution in [3.8, 4) is 0 Å². The summed E-state index contributed by atoms with van der Waals surface area (Å²) in [5.41, 5.74) is 1.96. The summed E-state index contributed by atoms with van der Waals surface area (Å²) in [7, 11) is 0. The Labute approximate surface area is 132 Å². The van der Waals surface area contributed by atoms with Crippen molar-refractivity contribution in [1.82, 2.24) is 10.3 Å². The molecule has 1 atom stereocenters. The zero-order chi connectivity index (χ0) is 15.7. The lowest BCUT2D eigenvalue weighted by Crippen LogP contribution is -2.27. The van der Waals surface area contributed by atoms with Gasteiger partial charge in [-0.2, -0.15) is 0 Å². The van der Waals surface area contributed by atoms with Gasteiger partial charge in [0.1, 0.15) is 11.5 Å². The summed E-state index contributed by atoms with van der Waals surface area (Å²) < 4.78 is 12.9. The number of carbonyl (C=O) groups excluding carboxylic acids is 1. The average Bonchev–Trinajstić information content (AvgIpc) is 2.85. The Morgan fingerprint density at radius 2 is 1.86 bits per heavy atom. The van der Waals surface area contributed by atoms with E-state index in [0.29, 0.717) is 10.7 Å². The largest absolute Gasteiger partial charge is 0.349 e. The number of benzene rings is 2. The molecular weight excluding hydrogens is 303 g/mol. The normalized spacial score (nSPS) is 12.3. The van der Waals surface area contributed by atoms with Gasteiger partial charge in [0.15, 0.2) is 0 Å². The third-order valence-corrected chi connectivity index (χ3v) is 3.98. The number of carbonyl (C=O) groups is 1. The van der Waals surface area contributed by atoms with Crippen LogP contribution in [-0.2, 0) is 0 Å². The average molecular weight is 317 g/mol. The van der Waals surface area contributed by atoms with Gasteiger partial charge in [-0.1, -0.05) is 41.9 Å². The van der Waals surface area contributed by atoms with Crippen molar-refractivity contribution in [2.75, 3.05) is 0 Å². The fourth-order valence-corrected chi connectivity index (χ4v) is 2.67. The minimum Gasteiger partial charge on any atom is -0.349 e. The first-order valence-electron chi connectivity index (χ1n) is 6.89. The van der Waals surface area contributed by atoms with Crippen LogP contribution in [-0.4, -0.2) is 10.9 Å². The zero-order valence-electron chi connectivity index (χ0n) is 11.9. The number of aromatic nitrogens is 1. The molecule has 1 amide bonds. The lowest BCUT2D eigenvalue weighted by atomic mass is 10.1. The molecule has 2 aromatic carbocycles. The van der Waals surface area contributed by atoms with Crippen LogP contribution in [0.15, 0.2) is 48.5 Å². The second-order valence-electron chi connectivity index (χ2n) is 5.11. The maximum Gasteiger partial charge on any atom is 0.269 e. The highest BCUT2D eigenvalue weighted by Crippen LogP contribution is 2.27. The monoisotopic (exact) mass is 316 g/mol. The van der Waals surface area contributed by atoms with Crippen LogP contribution in [0.25, 0.3) is 10.9 Å². The maximum absolute atomic E-state index is 12.9. The molecule has 0 aliphatic heterocycles. The Bertz CT molecular complexity index is 826. The summed E-state index contributed by atoms with van der Waals surface area (Å²) in [6.45, 7) is 1.84. The van der Waals surface area contributed by atoms with E-state index in [4.69, 9.17) is 11.6 Å². The third kappa shape index (κ3) is 2.70. The molecule has 0 saturated carbocycles. The molecule has 112 valence electrons. The highest BCUT2D eigenvalue weighted by Gasteiger charge is 2.18. The molecule has 1 heterocycles. The summed E-state index contributed by atoms with van der Waals surface area (Å²) >= 11 is 6.26. The van der Waals surface area contributed by atoms with Gasteiger partial charge < -0.3 is 10.3 Å². The number of halogens is 2. The lowest BCUT2D eigenvalue weighted by molar-refractivity contribution is 0.0936. The van der Waals surface area contributed by atoms with Crippen LogP contribution in [0.3, 0.4) is 0 Å². The third-order valence-electron chi connectivity index (χ3n) is 3.59. The lowest BCUT2D eigenvalue weighted by Gasteiger charge is -2.14. The van der Waals surface area contributed by atoms with E-state index < -0.39 is 0 Å². The SMILES string of the molecule is CC(NC(=O)c1[nH]c2ccccc2c1Cl)c1ccc(F)cc1. The van der Waals surface area contributed by atoms with E-state index in [9.17, 15) is 9.18 Å². The van der Waals surface area contributed by atoms with Gasteiger partial charge in [-0.15, -0.1) is 0 Å². The van der Waals surface area contributed by atoms with Crippen molar-refractivity contribution in [1.29, 1.82) is 0 Å². The predicted octanol–water partition coefficient (Wildman–Crippen LogP) is 4.45. The molecule has 1 unspecified atom stereocenters. The molecule has 0 fully saturated rings. The zero-order valence-corrected chi connectivity index (χ0v) is 12.6. The summed E-state index contributed by atoms with van der Waals surface area (Å²) in [5, 5.41) is 4.07. The Morgan fingerprint density at radius 3 is 2.55 bits per heavy atom. The number of rotatable bonds is 3. The van der Waals surface area contributed by atoms with Crippen molar-refractivity contribution in [2.24, 2.45) is 0 Å². The first kappa shape index (κ1) is 14.6. The Kier molecular flexibility index (Phi) is 3.86. The number of para-hydroxylation sites is 1. The summed E-state index contributed by atoms with van der Waals surface area (Å²) in [5.74, 6) is -0.598. The number of fused-ring (bicyclic) bond motifs is 1. The Hall–Kier alpha value is -2.33. The molecule has 0 spiro atoms. The summed E-state index contributed by atoms with van der Waals surface area (Å²) in [6, 6.07) is 13.2. The Balaban J connectivity index is 1.84. The second kappa shape index (κ2) is 5.81. The number of nitrogens with one attached hydrogen (secondary N) is 2. The van der Waals surface area contributed by atoms with Gasteiger partial charge >= 0.3 is 0 Å². The van der Waals surface area contributed by atoms with Crippen molar-refractivity contribution in [2.45, 2.75) is 13.0 Å². The van der Waals surface area contributed by atoms with Crippen LogP contribution in [0.2, 0.25) is 5.02 Å². The summed E-state index contributed by atoms with van der Waals surface area (Å²) in [6.07, 6.45) is 0. The first-order valence-corrected chi connectivity index (χ1v) is 7.26. The van der Waals surface area contributed by atoms with Crippen LogP contribution in [0.5, 0.6) is 0 Å². The fourth-order valence-electron chi connectivity index (χ4n) is 2.37. The maximum atomic E-state index is 12.9. The number of amides is 1. The van der Waals surface area contributed by atoms with E-state index in [2.05, 4.69) is 10.3 Å². The number of H-pyrrole nitrogens is 1. The minimum absolute atomic E-state index is 0.254. The molecular formula is C17H14ClFN2O. The number of hydrogen-bond donors (Lipinski definition) is 2. The molecule has 0 aliphatic rings. The molecule has 2 N–H and O–H groups in total. The smallest absolute Gasteiger partial charge is 0.269 e. The first-order chi connectivity index (χ1) is 10.6. The van der Waals surface area contributed by atoms with Crippen molar-refractivity contribution < 1.29 is 9.18 Å². The van der Waals surface area contributed by atoms with Gasteiger partial charge in [-0.25, -0.2) is 4.39 Å². The number of hydrogen-bond acceptors (Lipinski definition) is 1. The van der Waals surface area contributed by atoms with Crippen molar-refractivity contribution in [3.63, 3.8) is 0 Å². The molecule has 1 aromatic heterocycles. The van der Waals surface area contributed by atoms with Crippen LogP contribution < -0.4 is 5.32 Å². The molecule has 3 rings (SSSR count). The van der Waals surface area contributed by atoms with E-state index >= 15 is 0 Å².